The summed E-state index contributed by atoms with van der Waals surface area (Å²) in [5.41, 5.74) is 1.87. The zero-order chi connectivity index (χ0) is 19.1. The van der Waals surface area contributed by atoms with Crippen LogP contribution in [0.4, 0.5) is 14.5 Å². The Labute approximate surface area is 150 Å². The average Bonchev–Trinajstić information content (AvgIpc) is 2.62. The number of anilines is 1. The van der Waals surface area contributed by atoms with Gasteiger partial charge < -0.3 is 16.0 Å². The van der Waals surface area contributed by atoms with E-state index in [1.54, 1.807) is 32.2 Å². The summed E-state index contributed by atoms with van der Waals surface area (Å²) in [5, 5.41) is 8.13. The SMILES string of the molecule is CNC(=O)c1cccc(NCC(=O)NCCc2c(F)cccc2F)c1C. The Morgan fingerprint density at radius 3 is 2.35 bits per heavy atom. The van der Waals surface area contributed by atoms with Gasteiger partial charge >= 0.3 is 0 Å². The number of hydrogen-bond acceptors (Lipinski definition) is 3. The van der Waals surface area contributed by atoms with E-state index < -0.39 is 11.6 Å². The van der Waals surface area contributed by atoms with Crippen LogP contribution >= 0.6 is 0 Å². The molecule has 0 fully saturated rings. The Bertz CT molecular complexity index is 789. The van der Waals surface area contributed by atoms with Crippen LogP contribution in [0.2, 0.25) is 0 Å². The fourth-order valence-corrected chi connectivity index (χ4v) is 2.54. The third kappa shape index (κ3) is 4.78. The van der Waals surface area contributed by atoms with Gasteiger partial charge in [-0.05, 0) is 43.2 Å². The van der Waals surface area contributed by atoms with Crippen molar-refractivity contribution < 1.29 is 18.4 Å². The van der Waals surface area contributed by atoms with Gasteiger partial charge in [0, 0.05) is 30.4 Å². The Kier molecular flexibility index (Phi) is 6.66. The van der Waals surface area contributed by atoms with Gasteiger partial charge in [-0.3, -0.25) is 9.59 Å². The number of benzene rings is 2. The van der Waals surface area contributed by atoms with Crippen LogP contribution in [0.1, 0.15) is 21.5 Å². The Hall–Kier alpha value is -2.96. The van der Waals surface area contributed by atoms with E-state index in [9.17, 15) is 18.4 Å². The predicted molar refractivity (Wildman–Crippen MR) is 96.1 cm³/mol. The standard InChI is InChI=1S/C19H21F2N3O2/c1-12-13(19(26)22-2)5-3-8-17(12)24-11-18(25)23-10-9-14-15(20)6-4-7-16(14)21/h3-8,24H,9-11H2,1-2H3,(H,22,26)(H,23,25). The van der Waals surface area contributed by atoms with Crippen LogP contribution in [-0.2, 0) is 11.2 Å². The first kappa shape index (κ1) is 19.4. The summed E-state index contributed by atoms with van der Waals surface area (Å²) in [6, 6.07) is 8.85. The van der Waals surface area contributed by atoms with Crippen molar-refractivity contribution in [2.45, 2.75) is 13.3 Å². The van der Waals surface area contributed by atoms with Crippen molar-refractivity contribution in [2.75, 3.05) is 25.5 Å². The second kappa shape index (κ2) is 8.94. The van der Waals surface area contributed by atoms with Crippen LogP contribution in [0.15, 0.2) is 36.4 Å². The van der Waals surface area contributed by atoms with Crippen molar-refractivity contribution in [3.8, 4) is 0 Å². The van der Waals surface area contributed by atoms with Gasteiger partial charge in [0.05, 0.1) is 6.54 Å². The van der Waals surface area contributed by atoms with E-state index in [4.69, 9.17) is 0 Å². The fourth-order valence-electron chi connectivity index (χ4n) is 2.54. The second-order valence-electron chi connectivity index (χ2n) is 5.71. The normalized spacial score (nSPS) is 10.3. The summed E-state index contributed by atoms with van der Waals surface area (Å²) in [4.78, 5) is 23.7. The summed E-state index contributed by atoms with van der Waals surface area (Å²) in [7, 11) is 1.55. The van der Waals surface area contributed by atoms with Gasteiger partial charge in [-0.15, -0.1) is 0 Å². The van der Waals surface area contributed by atoms with Crippen molar-refractivity contribution >= 4 is 17.5 Å². The second-order valence-corrected chi connectivity index (χ2v) is 5.71. The van der Waals surface area contributed by atoms with Crippen molar-refractivity contribution in [3.63, 3.8) is 0 Å². The molecule has 3 N–H and O–H groups in total. The van der Waals surface area contributed by atoms with Gasteiger partial charge in [0.15, 0.2) is 0 Å². The highest BCUT2D eigenvalue weighted by molar-refractivity contribution is 5.97. The lowest BCUT2D eigenvalue weighted by molar-refractivity contribution is -0.119. The number of halogens is 2. The van der Waals surface area contributed by atoms with E-state index in [0.29, 0.717) is 11.3 Å². The Morgan fingerprint density at radius 1 is 1.04 bits per heavy atom. The van der Waals surface area contributed by atoms with Crippen LogP contribution in [0.5, 0.6) is 0 Å². The molecule has 138 valence electrons. The first-order valence-corrected chi connectivity index (χ1v) is 8.19. The molecule has 0 unspecified atom stereocenters. The maximum Gasteiger partial charge on any atom is 0.251 e. The highest BCUT2D eigenvalue weighted by Gasteiger charge is 2.11. The first-order chi connectivity index (χ1) is 12.4. The molecule has 2 aromatic rings. The van der Waals surface area contributed by atoms with Crippen LogP contribution in [0, 0.1) is 18.6 Å². The molecule has 26 heavy (non-hydrogen) atoms. The monoisotopic (exact) mass is 361 g/mol. The number of carbonyl (C=O) groups is 2. The minimum atomic E-state index is -0.626. The molecule has 0 heterocycles. The van der Waals surface area contributed by atoms with Gasteiger partial charge in [0.25, 0.3) is 5.91 Å². The lowest BCUT2D eigenvalue weighted by Crippen LogP contribution is -2.32. The van der Waals surface area contributed by atoms with E-state index in [1.165, 1.54) is 18.2 Å². The van der Waals surface area contributed by atoms with E-state index in [1.807, 2.05) is 0 Å². The quantitative estimate of drug-likeness (QED) is 0.709. The number of amides is 2. The molecule has 0 radical (unpaired) electrons. The van der Waals surface area contributed by atoms with Crippen molar-refractivity contribution in [1.29, 1.82) is 0 Å². The summed E-state index contributed by atoms with van der Waals surface area (Å²) in [5.74, 6) is -1.77. The van der Waals surface area contributed by atoms with E-state index in [2.05, 4.69) is 16.0 Å². The molecule has 2 amide bonds. The molecule has 5 nitrogen and oxygen atoms in total. The molecule has 2 rings (SSSR count). The number of rotatable bonds is 7. The molecule has 0 atom stereocenters. The molecule has 0 bridgehead atoms. The fraction of sp³-hybridized carbons (Fsp3) is 0.263. The highest BCUT2D eigenvalue weighted by atomic mass is 19.1. The number of nitrogens with one attached hydrogen (secondary N) is 3. The first-order valence-electron chi connectivity index (χ1n) is 8.19. The zero-order valence-corrected chi connectivity index (χ0v) is 14.7. The summed E-state index contributed by atoms with van der Waals surface area (Å²) >= 11 is 0. The van der Waals surface area contributed by atoms with Crippen LogP contribution in [0.25, 0.3) is 0 Å². The molecule has 0 aliphatic rings. The lowest BCUT2D eigenvalue weighted by atomic mass is 10.1. The molecule has 0 spiro atoms. The van der Waals surface area contributed by atoms with E-state index in [0.717, 1.165) is 5.56 Å². The van der Waals surface area contributed by atoms with Crippen molar-refractivity contribution in [3.05, 3.63) is 64.7 Å². The van der Waals surface area contributed by atoms with Crippen LogP contribution < -0.4 is 16.0 Å². The molecule has 0 aliphatic carbocycles. The van der Waals surface area contributed by atoms with Gasteiger partial charge in [-0.2, -0.15) is 0 Å². The number of hydrogen-bond donors (Lipinski definition) is 3. The molecule has 0 saturated heterocycles. The van der Waals surface area contributed by atoms with Crippen molar-refractivity contribution in [1.82, 2.24) is 10.6 Å². The van der Waals surface area contributed by atoms with Crippen LogP contribution in [-0.4, -0.2) is 32.0 Å². The van der Waals surface area contributed by atoms with E-state index >= 15 is 0 Å². The maximum absolute atomic E-state index is 13.5. The summed E-state index contributed by atoms with van der Waals surface area (Å²) in [6.07, 6.45) is 0.0649. The lowest BCUT2D eigenvalue weighted by Gasteiger charge is -2.13. The van der Waals surface area contributed by atoms with E-state index in [-0.39, 0.29) is 36.9 Å². The minimum Gasteiger partial charge on any atom is -0.376 e. The molecular formula is C19H21F2N3O2. The topological polar surface area (TPSA) is 70.2 Å². The Balaban J connectivity index is 1.87. The van der Waals surface area contributed by atoms with Gasteiger partial charge in [0.1, 0.15) is 11.6 Å². The third-order valence-electron chi connectivity index (χ3n) is 4.00. The number of carbonyl (C=O) groups excluding carboxylic acids is 2. The summed E-state index contributed by atoms with van der Waals surface area (Å²) < 4.78 is 27.0. The third-order valence-corrected chi connectivity index (χ3v) is 4.00. The van der Waals surface area contributed by atoms with Gasteiger partial charge in [-0.25, -0.2) is 8.78 Å². The molecule has 0 saturated carbocycles. The van der Waals surface area contributed by atoms with Crippen LogP contribution in [0.3, 0.4) is 0 Å². The molecule has 2 aromatic carbocycles. The minimum absolute atomic E-state index is 0.0161. The van der Waals surface area contributed by atoms with Gasteiger partial charge in [0.2, 0.25) is 5.91 Å². The molecule has 0 aromatic heterocycles. The molecule has 7 heteroatoms. The Morgan fingerprint density at radius 2 is 1.69 bits per heavy atom. The van der Waals surface area contributed by atoms with Crippen molar-refractivity contribution in [2.24, 2.45) is 0 Å². The highest BCUT2D eigenvalue weighted by Crippen LogP contribution is 2.18. The molecular weight excluding hydrogens is 340 g/mol. The maximum atomic E-state index is 13.5. The molecule has 0 aliphatic heterocycles. The largest absolute Gasteiger partial charge is 0.376 e. The zero-order valence-electron chi connectivity index (χ0n) is 14.7. The smallest absolute Gasteiger partial charge is 0.251 e. The summed E-state index contributed by atoms with van der Waals surface area (Å²) in [6.45, 7) is 1.89. The predicted octanol–water partition coefficient (Wildman–Crippen LogP) is 2.40. The van der Waals surface area contributed by atoms with Gasteiger partial charge in [-0.1, -0.05) is 12.1 Å². The average molecular weight is 361 g/mol.